The molecule has 0 bridgehead atoms. The molecule has 0 aliphatic rings. The second-order valence-corrected chi connectivity index (χ2v) is 15.6. The van der Waals surface area contributed by atoms with E-state index in [-0.39, 0.29) is 0 Å². The molecule has 0 saturated heterocycles. The smallest absolute Gasteiger partial charge is 0.235 e. The highest BCUT2D eigenvalue weighted by atomic mass is 32.1. The molecule has 12 rings (SSSR count). The number of thiophene rings is 1. The topological polar surface area (TPSA) is 30.7 Å². The second-order valence-electron chi connectivity index (χ2n) is 14.5. The van der Waals surface area contributed by atoms with E-state index in [0.29, 0.717) is 5.95 Å². The molecule has 260 valence electrons. The molecule has 0 atom stereocenters. The first kappa shape index (κ1) is 31.2. The van der Waals surface area contributed by atoms with Crippen molar-refractivity contribution in [3.63, 3.8) is 0 Å². The van der Waals surface area contributed by atoms with Crippen molar-refractivity contribution in [3.05, 3.63) is 188 Å². The molecule has 4 heteroatoms. The largest absolute Gasteiger partial charge is 0.277 e. The van der Waals surface area contributed by atoms with Gasteiger partial charge in [-0.2, -0.15) is 0 Å². The summed E-state index contributed by atoms with van der Waals surface area (Å²) in [5.74, 6) is 0.657. The molecule has 0 unspecified atom stereocenters. The van der Waals surface area contributed by atoms with Gasteiger partial charge in [-0.25, -0.2) is 9.97 Å². The van der Waals surface area contributed by atoms with Crippen LogP contribution in [0, 0.1) is 0 Å². The molecule has 0 aliphatic carbocycles. The monoisotopic (exact) mass is 729 g/mol. The molecule has 0 N–H and O–H groups in total. The van der Waals surface area contributed by atoms with Crippen LogP contribution in [0.15, 0.2) is 188 Å². The summed E-state index contributed by atoms with van der Waals surface area (Å²) >= 11 is 1.87. The number of benzene rings is 9. The molecule has 9 aromatic carbocycles. The summed E-state index contributed by atoms with van der Waals surface area (Å²) in [5.41, 5.74) is 9.79. The van der Waals surface area contributed by atoms with Crippen molar-refractivity contribution in [2.75, 3.05) is 0 Å². The lowest BCUT2D eigenvalue weighted by Gasteiger charge is -2.14. The molecule has 0 amide bonds. The van der Waals surface area contributed by atoms with Gasteiger partial charge in [0.15, 0.2) is 0 Å². The molecule has 0 fully saturated rings. The van der Waals surface area contributed by atoms with E-state index in [0.717, 1.165) is 38.8 Å². The lowest BCUT2D eigenvalue weighted by molar-refractivity contribution is 1.01. The average Bonchev–Trinajstić information content (AvgIpc) is 3.82. The third-order valence-corrected chi connectivity index (χ3v) is 12.5. The molecule has 12 aromatic rings. The lowest BCUT2D eigenvalue weighted by atomic mass is 9.96. The van der Waals surface area contributed by atoms with E-state index in [1.54, 1.807) is 0 Å². The highest BCUT2D eigenvalue weighted by Crippen LogP contribution is 2.43. The van der Waals surface area contributed by atoms with Crippen molar-refractivity contribution >= 4 is 85.8 Å². The Morgan fingerprint density at radius 3 is 1.91 bits per heavy atom. The number of rotatable bonds is 4. The minimum atomic E-state index is 0.657. The first-order chi connectivity index (χ1) is 27.8. The van der Waals surface area contributed by atoms with Crippen LogP contribution in [0.4, 0.5) is 0 Å². The Labute approximate surface area is 326 Å². The molecule has 0 radical (unpaired) electrons. The van der Waals surface area contributed by atoms with Gasteiger partial charge in [-0.15, -0.1) is 11.3 Å². The van der Waals surface area contributed by atoms with Gasteiger partial charge in [0, 0.05) is 47.5 Å². The summed E-state index contributed by atoms with van der Waals surface area (Å²) in [4.78, 5) is 10.8. The van der Waals surface area contributed by atoms with Crippen LogP contribution in [0.3, 0.4) is 0 Å². The fourth-order valence-electron chi connectivity index (χ4n) is 8.84. The van der Waals surface area contributed by atoms with Gasteiger partial charge < -0.3 is 0 Å². The number of hydrogen-bond acceptors (Lipinski definition) is 3. The van der Waals surface area contributed by atoms with Gasteiger partial charge in [0.2, 0.25) is 5.95 Å². The Kier molecular flexibility index (Phi) is 6.80. The van der Waals surface area contributed by atoms with Crippen molar-refractivity contribution in [3.8, 4) is 39.5 Å². The van der Waals surface area contributed by atoms with Gasteiger partial charge in [-0.1, -0.05) is 164 Å². The van der Waals surface area contributed by atoms with Crippen LogP contribution < -0.4 is 0 Å². The van der Waals surface area contributed by atoms with Crippen LogP contribution in [-0.2, 0) is 0 Å². The quantitative estimate of drug-likeness (QED) is 0.181. The van der Waals surface area contributed by atoms with E-state index in [4.69, 9.17) is 9.97 Å². The summed E-state index contributed by atoms with van der Waals surface area (Å²) in [6.07, 6.45) is 0. The summed E-state index contributed by atoms with van der Waals surface area (Å²) < 4.78 is 4.87. The van der Waals surface area contributed by atoms with Crippen LogP contribution in [0.25, 0.3) is 114 Å². The van der Waals surface area contributed by atoms with Crippen molar-refractivity contribution in [1.29, 1.82) is 0 Å². The Hall–Kier alpha value is -7.14. The van der Waals surface area contributed by atoms with Gasteiger partial charge in [-0.05, 0) is 62.5 Å². The molecule has 0 spiro atoms. The summed E-state index contributed by atoms with van der Waals surface area (Å²) in [7, 11) is 0. The Bertz CT molecular complexity index is 3530. The Morgan fingerprint density at radius 1 is 0.393 bits per heavy atom. The molecule has 3 aromatic heterocycles. The number of aromatic nitrogens is 3. The van der Waals surface area contributed by atoms with E-state index >= 15 is 0 Å². The second kappa shape index (κ2) is 12.2. The standard InChI is InChI=1S/C52H31N3S/c1-3-14-37-32(11-1)13-9-18-38(37)34-23-25-35(26-24-34)50-43-17-5-7-21-45(43)53-52(54-50)55-46-22-8-6-16-41(46)42-20-10-19-40(51(42)55)36-27-29-44-48(31-36)56-47-30-28-33-12-2-4-15-39(33)49(44)47/h1-31H. The zero-order chi connectivity index (χ0) is 36.7. The number of fused-ring (bicyclic) bond motifs is 10. The number of nitrogens with zero attached hydrogens (tertiary/aromatic N) is 3. The molecule has 3 nitrogen and oxygen atoms in total. The fraction of sp³-hybridized carbons (Fsp3) is 0. The Balaban J connectivity index is 1.07. The first-order valence-corrected chi connectivity index (χ1v) is 19.8. The summed E-state index contributed by atoms with van der Waals surface area (Å²) in [6, 6.07) is 67.8. The van der Waals surface area contributed by atoms with E-state index in [2.05, 4.69) is 193 Å². The van der Waals surface area contributed by atoms with Gasteiger partial charge in [-0.3, -0.25) is 4.57 Å². The predicted molar refractivity (Wildman–Crippen MR) is 238 cm³/mol. The van der Waals surface area contributed by atoms with E-state index < -0.39 is 0 Å². The fourth-order valence-corrected chi connectivity index (χ4v) is 10.0. The SMILES string of the molecule is c1ccc2c(-c3ccc(-c4nc(-n5c6ccccc6c6cccc(-c7ccc8c(c7)sc7ccc9ccccc9c78)c65)nc5ccccc45)cc3)cccc2c1. The third kappa shape index (κ3) is 4.70. The van der Waals surface area contributed by atoms with Crippen molar-refractivity contribution < 1.29 is 0 Å². The molecule has 56 heavy (non-hydrogen) atoms. The van der Waals surface area contributed by atoms with Gasteiger partial charge in [0.1, 0.15) is 0 Å². The normalized spacial score (nSPS) is 11.9. The maximum absolute atomic E-state index is 5.46. The molecular formula is C52H31N3S. The van der Waals surface area contributed by atoms with E-state index in [1.807, 2.05) is 11.3 Å². The van der Waals surface area contributed by atoms with Crippen molar-refractivity contribution in [2.45, 2.75) is 0 Å². The summed E-state index contributed by atoms with van der Waals surface area (Å²) in [6.45, 7) is 0. The van der Waals surface area contributed by atoms with Gasteiger partial charge in [0.05, 0.1) is 22.2 Å². The zero-order valence-corrected chi connectivity index (χ0v) is 31.0. The molecular weight excluding hydrogens is 699 g/mol. The minimum absolute atomic E-state index is 0.657. The van der Waals surface area contributed by atoms with Crippen LogP contribution in [0.5, 0.6) is 0 Å². The average molecular weight is 730 g/mol. The maximum atomic E-state index is 5.46. The van der Waals surface area contributed by atoms with Gasteiger partial charge in [0.25, 0.3) is 0 Å². The van der Waals surface area contributed by atoms with Gasteiger partial charge >= 0.3 is 0 Å². The lowest BCUT2D eigenvalue weighted by Crippen LogP contribution is -2.04. The van der Waals surface area contributed by atoms with Crippen molar-refractivity contribution in [1.82, 2.24) is 14.5 Å². The van der Waals surface area contributed by atoms with Crippen molar-refractivity contribution in [2.24, 2.45) is 0 Å². The maximum Gasteiger partial charge on any atom is 0.235 e. The summed E-state index contributed by atoms with van der Waals surface area (Å²) in [5, 5.41) is 11.1. The number of hydrogen-bond donors (Lipinski definition) is 0. The minimum Gasteiger partial charge on any atom is -0.277 e. The van der Waals surface area contributed by atoms with E-state index in [1.165, 1.54) is 69.2 Å². The molecule has 3 heterocycles. The predicted octanol–water partition coefficient (Wildman–Crippen LogP) is 14.4. The first-order valence-electron chi connectivity index (χ1n) is 19.0. The van der Waals surface area contributed by atoms with Crippen LogP contribution in [0.1, 0.15) is 0 Å². The highest BCUT2D eigenvalue weighted by molar-refractivity contribution is 7.26. The van der Waals surface area contributed by atoms with Crippen LogP contribution in [-0.4, -0.2) is 14.5 Å². The molecule has 0 aliphatic heterocycles. The van der Waals surface area contributed by atoms with E-state index in [9.17, 15) is 0 Å². The van der Waals surface area contributed by atoms with Crippen LogP contribution in [0.2, 0.25) is 0 Å². The third-order valence-electron chi connectivity index (χ3n) is 11.4. The molecule has 0 saturated carbocycles. The van der Waals surface area contributed by atoms with Crippen LogP contribution >= 0.6 is 11.3 Å². The highest BCUT2D eigenvalue weighted by Gasteiger charge is 2.21. The Morgan fingerprint density at radius 2 is 1.04 bits per heavy atom. The zero-order valence-electron chi connectivity index (χ0n) is 30.1. The number of para-hydroxylation sites is 3.